The number of nitrogens with one attached hydrogen (secondary N) is 1. The second-order valence-corrected chi connectivity index (χ2v) is 7.00. The highest BCUT2D eigenvalue weighted by atomic mass is 16.5. The molecule has 0 saturated carbocycles. The van der Waals surface area contributed by atoms with E-state index in [1.807, 2.05) is 36.4 Å². The van der Waals surface area contributed by atoms with Crippen LogP contribution in [0.4, 0.5) is 0 Å². The van der Waals surface area contributed by atoms with E-state index in [0.717, 1.165) is 17.7 Å². The highest BCUT2D eigenvalue weighted by Crippen LogP contribution is 2.25. The molecule has 2 aromatic carbocycles. The summed E-state index contributed by atoms with van der Waals surface area (Å²) in [6, 6.07) is 19.6. The van der Waals surface area contributed by atoms with Crippen molar-refractivity contribution in [1.82, 2.24) is 10.3 Å². The van der Waals surface area contributed by atoms with Gasteiger partial charge in [-0.1, -0.05) is 13.0 Å². The zero-order chi connectivity index (χ0) is 22.8. The van der Waals surface area contributed by atoms with Crippen molar-refractivity contribution in [3.05, 3.63) is 78.0 Å². The van der Waals surface area contributed by atoms with E-state index in [1.54, 1.807) is 43.5 Å². The van der Waals surface area contributed by atoms with E-state index in [9.17, 15) is 4.79 Å². The molecular weight excluding hydrogens is 406 g/mol. The molecule has 32 heavy (non-hydrogen) atoms. The van der Waals surface area contributed by atoms with Crippen molar-refractivity contribution in [3.8, 4) is 29.2 Å². The van der Waals surface area contributed by atoms with E-state index in [2.05, 4.69) is 17.2 Å². The van der Waals surface area contributed by atoms with Crippen LogP contribution in [0.3, 0.4) is 0 Å². The molecule has 1 unspecified atom stereocenters. The fraction of sp³-hybridized carbons (Fsp3) is 0.240. The highest BCUT2D eigenvalue weighted by molar-refractivity contribution is 5.80. The van der Waals surface area contributed by atoms with Crippen molar-refractivity contribution in [1.29, 1.82) is 5.26 Å². The topological polar surface area (TPSA) is 93.5 Å². The van der Waals surface area contributed by atoms with Crippen LogP contribution in [0.2, 0.25) is 0 Å². The van der Waals surface area contributed by atoms with Gasteiger partial charge in [-0.3, -0.25) is 4.79 Å². The Labute approximate surface area is 187 Å². The fourth-order valence-corrected chi connectivity index (χ4v) is 2.78. The van der Waals surface area contributed by atoms with Crippen LogP contribution in [-0.4, -0.2) is 23.6 Å². The van der Waals surface area contributed by atoms with E-state index < -0.39 is 6.10 Å². The maximum absolute atomic E-state index is 12.5. The predicted octanol–water partition coefficient (Wildman–Crippen LogP) is 4.62. The summed E-state index contributed by atoms with van der Waals surface area (Å²) in [5, 5.41) is 11.7. The average molecular weight is 431 g/mol. The van der Waals surface area contributed by atoms with Crippen LogP contribution < -0.4 is 19.5 Å². The van der Waals surface area contributed by atoms with E-state index in [4.69, 9.17) is 19.5 Å². The number of carbonyl (C=O) groups is 1. The Bertz CT molecular complexity index is 1060. The molecule has 1 aromatic heterocycles. The van der Waals surface area contributed by atoms with Crippen molar-refractivity contribution < 1.29 is 19.0 Å². The van der Waals surface area contributed by atoms with Crippen LogP contribution in [-0.2, 0) is 11.3 Å². The number of carbonyl (C=O) groups excluding carboxylic acids is 1. The first-order valence-corrected chi connectivity index (χ1v) is 10.4. The van der Waals surface area contributed by atoms with Gasteiger partial charge in [-0.2, -0.15) is 5.26 Å². The number of aromatic nitrogens is 1. The van der Waals surface area contributed by atoms with Crippen molar-refractivity contribution >= 4 is 5.91 Å². The smallest absolute Gasteiger partial charge is 0.261 e. The summed E-state index contributed by atoms with van der Waals surface area (Å²) < 4.78 is 17.1. The summed E-state index contributed by atoms with van der Waals surface area (Å²) >= 11 is 0. The Morgan fingerprint density at radius 3 is 2.44 bits per heavy atom. The highest BCUT2D eigenvalue weighted by Gasteiger charge is 2.16. The first kappa shape index (κ1) is 22.6. The number of hydrogen-bond acceptors (Lipinski definition) is 6. The largest absolute Gasteiger partial charge is 0.494 e. The minimum atomic E-state index is -0.709. The van der Waals surface area contributed by atoms with Crippen molar-refractivity contribution in [2.24, 2.45) is 0 Å². The molecule has 0 aliphatic carbocycles. The molecule has 1 N–H and O–H groups in total. The van der Waals surface area contributed by atoms with Gasteiger partial charge in [0.15, 0.2) is 6.10 Å². The normalized spacial score (nSPS) is 11.2. The SMILES string of the molecule is CCCOc1ccc(Oc2ncccc2CNC(=O)C(C)Oc2ccc(C#N)cc2)cc1. The third-order valence-electron chi connectivity index (χ3n) is 4.48. The molecule has 0 spiro atoms. The summed E-state index contributed by atoms with van der Waals surface area (Å²) in [7, 11) is 0. The molecule has 0 aliphatic heterocycles. The molecule has 0 radical (unpaired) electrons. The van der Waals surface area contributed by atoms with Gasteiger partial charge in [0.2, 0.25) is 5.88 Å². The molecule has 0 aliphatic rings. The quantitative estimate of drug-likeness (QED) is 0.504. The molecule has 7 nitrogen and oxygen atoms in total. The van der Waals surface area contributed by atoms with Gasteiger partial charge in [0.1, 0.15) is 17.2 Å². The van der Waals surface area contributed by atoms with Crippen LogP contribution in [0, 0.1) is 11.3 Å². The Kier molecular flexibility index (Phi) is 8.04. The molecule has 3 rings (SSSR count). The Morgan fingerprint density at radius 2 is 1.75 bits per heavy atom. The molecule has 0 saturated heterocycles. The third-order valence-corrected chi connectivity index (χ3v) is 4.48. The molecule has 1 amide bonds. The second kappa shape index (κ2) is 11.4. The minimum Gasteiger partial charge on any atom is -0.494 e. The van der Waals surface area contributed by atoms with E-state index in [-0.39, 0.29) is 12.5 Å². The lowest BCUT2D eigenvalue weighted by molar-refractivity contribution is -0.127. The second-order valence-electron chi connectivity index (χ2n) is 7.00. The monoisotopic (exact) mass is 431 g/mol. The molecule has 0 fully saturated rings. The van der Waals surface area contributed by atoms with Gasteiger partial charge in [-0.15, -0.1) is 0 Å². The number of rotatable bonds is 10. The first-order valence-electron chi connectivity index (χ1n) is 10.4. The molecule has 1 heterocycles. The van der Waals surface area contributed by atoms with Gasteiger partial charge in [-0.05, 0) is 67.9 Å². The van der Waals surface area contributed by atoms with Crippen LogP contribution in [0.15, 0.2) is 66.9 Å². The van der Waals surface area contributed by atoms with Gasteiger partial charge < -0.3 is 19.5 Å². The summed E-state index contributed by atoms with van der Waals surface area (Å²) in [5.41, 5.74) is 1.26. The average Bonchev–Trinajstić information content (AvgIpc) is 2.83. The maximum Gasteiger partial charge on any atom is 0.261 e. The Hall–Kier alpha value is -4.05. The van der Waals surface area contributed by atoms with Gasteiger partial charge in [0.25, 0.3) is 5.91 Å². The Morgan fingerprint density at radius 1 is 1.06 bits per heavy atom. The van der Waals surface area contributed by atoms with Gasteiger partial charge in [-0.25, -0.2) is 4.98 Å². The number of benzene rings is 2. The zero-order valence-electron chi connectivity index (χ0n) is 18.1. The number of ether oxygens (including phenoxy) is 3. The molecule has 1 atom stereocenters. The fourth-order valence-electron chi connectivity index (χ4n) is 2.78. The van der Waals surface area contributed by atoms with Crippen molar-refractivity contribution in [2.75, 3.05) is 6.61 Å². The molecule has 3 aromatic rings. The van der Waals surface area contributed by atoms with Crippen molar-refractivity contribution in [3.63, 3.8) is 0 Å². The molecule has 0 bridgehead atoms. The van der Waals surface area contributed by atoms with Gasteiger partial charge in [0.05, 0.1) is 18.2 Å². The molecule has 164 valence electrons. The van der Waals surface area contributed by atoms with Gasteiger partial charge in [0, 0.05) is 18.3 Å². The Balaban J connectivity index is 1.57. The van der Waals surface area contributed by atoms with Gasteiger partial charge >= 0.3 is 0 Å². The van der Waals surface area contributed by atoms with Crippen LogP contribution >= 0.6 is 0 Å². The first-order chi connectivity index (χ1) is 15.6. The van der Waals surface area contributed by atoms with E-state index in [0.29, 0.717) is 29.5 Å². The lowest BCUT2D eigenvalue weighted by Crippen LogP contribution is -2.36. The lowest BCUT2D eigenvalue weighted by Gasteiger charge is -2.16. The van der Waals surface area contributed by atoms with Crippen LogP contribution in [0.1, 0.15) is 31.4 Å². The van der Waals surface area contributed by atoms with E-state index in [1.165, 1.54) is 0 Å². The number of nitriles is 1. The number of amides is 1. The summed E-state index contributed by atoms with van der Waals surface area (Å²) in [6.07, 6.45) is 1.87. The van der Waals surface area contributed by atoms with Crippen LogP contribution in [0.5, 0.6) is 23.1 Å². The summed E-state index contributed by atoms with van der Waals surface area (Å²) in [4.78, 5) is 16.8. The van der Waals surface area contributed by atoms with Crippen molar-refractivity contribution in [2.45, 2.75) is 32.9 Å². The maximum atomic E-state index is 12.5. The lowest BCUT2D eigenvalue weighted by atomic mass is 10.2. The molecular formula is C25H25N3O4. The third kappa shape index (κ3) is 6.47. The summed E-state index contributed by atoms with van der Waals surface area (Å²) in [5.74, 6) is 2.06. The number of pyridine rings is 1. The predicted molar refractivity (Wildman–Crippen MR) is 120 cm³/mol. The number of hydrogen-bond donors (Lipinski definition) is 1. The zero-order valence-corrected chi connectivity index (χ0v) is 18.1. The standard InChI is InChI=1S/C25H25N3O4/c1-3-15-30-21-10-12-23(13-11-21)32-25-20(5-4-14-27-25)17-28-24(29)18(2)31-22-8-6-19(16-26)7-9-22/h4-14,18H,3,15,17H2,1-2H3,(H,28,29). The summed E-state index contributed by atoms with van der Waals surface area (Å²) in [6.45, 7) is 4.62. The van der Waals surface area contributed by atoms with Crippen LogP contribution in [0.25, 0.3) is 0 Å². The minimum absolute atomic E-state index is 0.237. The number of nitrogens with zero attached hydrogens (tertiary/aromatic N) is 2. The van der Waals surface area contributed by atoms with E-state index >= 15 is 0 Å². The molecule has 7 heteroatoms.